The van der Waals surface area contributed by atoms with E-state index in [0.717, 1.165) is 19.5 Å². The molecule has 0 spiro atoms. The summed E-state index contributed by atoms with van der Waals surface area (Å²) < 4.78 is 0. The van der Waals surface area contributed by atoms with Crippen LogP contribution in [0.3, 0.4) is 0 Å². The van der Waals surface area contributed by atoms with E-state index in [1.54, 1.807) is 19.2 Å². The Hall–Kier alpha value is -1.53. The highest BCUT2D eigenvalue weighted by molar-refractivity contribution is 5.92. The van der Waals surface area contributed by atoms with Crippen LogP contribution in [0.15, 0.2) is 12.3 Å². The van der Waals surface area contributed by atoms with E-state index in [2.05, 4.69) is 14.9 Å². The van der Waals surface area contributed by atoms with Crippen molar-refractivity contribution in [2.45, 2.75) is 26.4 Å². The maximum absolute atomic E-state index is 12.3. The van der Waals surface area contributed by atoms with Gasteiger partial charge in [0.05, 0.1) is 6.10 Å². The Bertz CT molecular complexity index is 458. The van der Waals surface area contributed by atoms with E-state index in [4.69, 9.17) is 0 Å². The fraction of sp³-hybridized carbons (Fsp3) is 0.643. The summed E-state index contributed by atoms with van der Waals surface area (Å²) in [4.78, 5) is 24.5. The number of amides is 1. The zero-order chi connectivity index (χ0) is 14.5. The number of rotatable bonds is 4. The van der Waals surface area contributed by atoms with Gasteiger partial charge in [0, 0.05) is 38.9 Å². The SMILES string of the molecule is CC[C@H](O)CN1CCN(C(=O)c2ccnc(C)n2)CC1. The van der Waals surface area contributed by atoms with Crippen LogP contribution in [0, 0.1) is 6.92 Å². The summed E-state index contributed by atoms with van der Waals surface area (Å²) in [5.74, 6) is 0.576. The molecule has 1 aliphatic heterocycles. The van der Waals surface area contributed by atoms with Crippen LogP contribution in [-0.4, -0.2) is 69.6 Å². The van der Waals surface area contributed by atoms with Crippen LogP contribution in [0.1, 0.15) is 29.7 Å². The normalized spacial score (nSPS) is 18.1. The molecule has 1 aliphatic rings. The number of carbonyl (C=O) groups is 1. The lowest BCUT2D eigenvalue weighted by Gasteiger charge is -2.35. The quantitative estimate of drug-likeness (QED) is 0.858. The van der Waals surface area contributed by atoms with E-state index in [1.807, 2.05) is 11.8 Å². The minimum absolute atomic E-state index is 0.0359. The molecule has 6 nitrogen and oxygen atoms in total. The van der Waals surface area contributed by atoms with Crippen LogP contribution < -0.4 is 0 Å². The minimum Gasteiger partial charge on any atom is -0.392 e. The third-order valence-corrected chi connectivity index (χ3v) is 3.59. The van der Waals surface area contributed by atoms with Crippen molar-refractivity contribution in [2.24, 2.45) is 0 Å². The second kappa shape index (κ2) is 6.76. The number of carbonyl (C=O) groups excluding carboxylic acids is 1. The Labute approximate surface area is 119 Å². The molecule has 1 atom stereocenters. The maximum Gasteiger partial charge on any atom is 0.272 e. The zero-order valence-corrected chi connectivity index (χ0v) is 12.1. The topological polar surface area (TPSA) is 69.6 Å². The van der Waals surface area contributed by atoms with Crippen molar-refractivity contribution in [3.05, 3.63) is 23.8 Å². The molecule has 1 aromatic rings. The van der Waals surface area contributed by atoms with Crippen molar-refractivity contribution in [1.29, 1.82) is 0 Å². The molecule has 1 aromatic heterocycles. The molecule has 1 amide bonds. The Morgan fingerprint density at radius 3 is 2.70 bits per heavy atom. The first-order valence-electron chi connectivity index (χ1n) is 7.09. The number of aryl methyl sites for hydroxylation is 1. The first kappa shape index (κ1) is 14.9. The highest BCUT2D eigenvalue weighted by Gasteiger charge is 2.23. The second-order valence-electron chi connectivity index (χ2n) is 5.14. The van der Waals surface area contributed by atoms with Crippen LogP contribution in [0.25, 0.3) is 0 Å². The summed E-state index contributed by atoms with van der Waals surface area (Å²) in [6.45, 7) is 7.39. The van der Waals surface area contributed by atoms with Gasteiger partial charge in [-0.2, -0.15) is 0 Å². The summed E-state index contributed by atoms with van der Waals surface area (Å²) in [5.41, 5.74) is 0.458. The molecule has 1 fully saturated rings. The molecule has 6 heteroatoms. The molecule has 0 unspecified atom stereocenters. The molecule has 2 heterocycles. The lowest BCUT2D eigenvalue weighted by molar-refractivity contribution is 0.0519. The standard InChI is InChI=1S/C14H22N4O2/c1-3-12(19)10-17-6-8-18(9-7-17)14(20)13-4-5-15-11(2)16-13/h4-5,12,19H,3,6-10H2,1-2H3/t12-/m0/s1. The summed E-state index contributed by atoms with van der Waals surface area (Å²) in [6.07, 6.45) is 2.10. The monoisotopic (exact) mass is 278 g/mol. The van der Waals surface area contributed by atoms with Crippen molar-refractivity contribution in [2.75, 3.05) is 32.7 Å². The highest BCUT2D eigenvalue weighted by Crippen LogP contribution is 2.08. The number of piperazine rings is 1. The molecule has 1 saturated heterocycles. The number of aliphatic hydroxyl groups is 1. The van der Waals surface area contributed by atoms with Crippen LogP contribution in [0.4, 0.5) is 0 Å². The third kappa shape index (κ3) is 3.74. The van der Waals surface area contributed by atoms with Crippen LogP contribution in [-0.2, 0) is 0 Å². The van der Waals surface area contributed by atoms with E-state index >= 15 is 0 Å². The molecule has 0 aromatic carbocycles. The number of aromatic nitrogens is 2. The minimum atomic E-state index is -0.276. The van der Waals surface area contributed by atoms with E-state index in [0.29, 0.717) is 31.2 Å². The molecule has 0 radical (unpaired) electrons. The maximum atomic E-state index is 12.3. The molecule has 110 valence electrons. The first-order valence-corrected chi connectivity index (χ1v) is 7.09. The predicted molar refractivity (Wildman–Crippen MR) is 75.4 cm³/mol. The van der Waals surface area contributed by atoms with E-state index < -0.39 is 0 Å². The molecule has 0 bridgehead atoms. The van der Waals surface area contributed by atoms with Gasteiger partial charge in [-0.3, -0.25) is 9.69 Å². The van der Waals surface area contributed by atoms with Crippen molar-refractivity contribution in [3.63, 3.8) is 0 Å². The summed E-state index contributed by atoms with van der Waals surface area (Å²) in [5, 5.41) is 9.65. The summed E-state index contributed by atoms with van der Waals surface area (Å²) >= 11 is 0. The molecule has 2 rings (SSSR count). The summed E-state index contributed by atoms with van der Waals surface area (Å²) in [6, 6.07) is 1.66. The van der Waals surface area contributed by atoms with Crippen molar-refractivity contribution in [1.82, 2.24) is 19.8 Å². The van der Waals surface area contributed by atoms with Gasteiger partial charge in [-0.1, -0.05) is 6.92 Å². The van der Waals surface area contributed by atoms with Gasteiger partial charge >= 0.3 is 0 Å². The van der Waals surface area contributed by atoms with E-state index in [9.17, 15) is 9.90 Å². The lowest BCUT2D eigenvalue weighted by atomic mass is 10.2. The number of β-amino-alcohol motifs (C(OH)–C–C–N with tert-alkyl or cyclic N) is 1. The van der Waals surface area contributed by atoms with Crippen LogP contribution >= 0.6 is 0 Å². The molecule has 1 N–H and O–H groups in total. The van der Waals surface area contributed by atoms with Gasteiger partial charge < -0.3 is 10.0 Å². The fourth-order valence-electron chi connectivity index (χ4n) is 2.30. The molecule has 0 saturated carbocycles. The zero-order valence-electron chi connectivity index (χ0n) is 12.1. The molecular formula is C14H22N4O2. The first-order chi connectivity index (χ1) is 9.60. The van der Waals surface area contributed by atoms with Gasteiger partial charge in [-0.15, -0.1) is 0 Å². The van der Waals surface area contributed by atoms with Gasteiger partial charge in [0.15, 0.2) is 0 Å². The fourth-order valence-corrected chi connectivity index (χ4v) is 2.30. The number of hydrogen-bond acceptors (Lipinski definition) is 5. The molecular weight excluding hydrogens is 256 g/mol. The summed E-state index contributed by atoms with van der Waals surface area (Å²) in [7, 11) is 0. The average Bonchev–Trinajstić information content (AvgIpc) is 2.47. The van der Waals surface area contributed by atoms with Gasteiger partial charge in [0.1, 0.15) is 11.5 Å². The Balaban J connectivity index is 1.89. The van der Waals surface area contributed by atoms with Gasteiger partial charge in [-0.25, -0.2) is 9.97 Å². The van der Waals surface area contributed by atoms with Crippen LogP contribution in [0.2, 0.25) is 0 Å². The van der Waals surface area contributed by atoms with Gasteiger partial charge in [0.2, 0.25) is 0 Å². The van der Waals surface area contributed by atoms with Crippen LogP contribution in [0.5, 0.6) is 0 Å². The number of nitrogens with zero attached hydrogens (tertiary/aromatic N) is 4. The van der Waals surface area contributed by atoms with Crippen molar-refractivity contribution < 1.29 is 9.90 Å². The lowest BCUT2D eigenvalue weighted by Crippen LogP contribution is -2.50. The van der Waals surface area contributed by atoms with E-state index in [1.165, 1.54) is 0 Å². The average molecular weight is 278 g/mol. The van der Waals surface area contributed by atoms with E-state index in [-0.39, 0.29) is 12.0 Å². The Morgan fingerprint density at radius 1 is 1.40 bits per heavy atom. The second-order valence-corrected chi connectivity index (χ2v) is 5.14. The molecule has 0 aliphatic carbocycles. The Kier molecular flexibility index (Phi) is 5.03. The largest absolute Gasteiger partial charge is 0.392 e. The molecule has 20 heavy (non-hydrogen) atoms. The van der Waals surface area contributed by atoms with Gasteiger partial charge in [-0.05, 0) is 19.4 Å². The van der Waals surface area contributed by atoms with Crippen molar-refractivity contribution in [3.8, 4) is 0 Å². The highest BCUT2D eigenvalue weighted by atomic mass is 16.3. The van der Waals surface area contributed by atoms with Gasteiger partial charge in [0.25, 0.3) is 5.91 Å². The van der Waals surface area contributed by atoms with Crippen molar-refractivity contribution >= 4 is 5.91 Å². The number of aliphatic hydroxyl groups excluding tert-OH is 1. The third-order valence-electron chi connectivity index (χ3n) is 3.59. The Morgan fingerprint density at radius 2 is 2.10 bits per heavy atom. The smallest absolute Gasteiger partial charge is 0.272 e. The predicted octanol–water partition coefficient (Wildman–Crippen LogP) is 0.314. The number of hydrogen-bond donors (Lipinski definition) is 1.